The van der Waals surface area contributed by atoms with Crippen LogP contribution in [0.15, 0.2) is 109 Å². The van der Waals surface area contributed by atoms with Crippen LogP contribution in [0.1, 0.15) is 63.5 Å². The number of unbranched alkanes of at least 4 members (excludes halogenated alkanes) is 4. The van der Waals surface area contributed by atoms with Crippen LogP contribution in [0.5, 0.6) is 11.5 Å². The summed E-state index contributed by atoms with van der Waals surface area (Å²) in [6.45, 7) is 8.28. The topological polar surface area (TPSA) is 97.9 Å². The predicted molar refractivity (Wildman–Crippen MR) is 232 cm³/mol. The number of carbonyl (C=O) groups is 3. The van der Waals surface area contributed by atoms with E-state index < -0.39 is 6.04 Å². The highest BCUT2D eigenvalue weighted by molar-refractivity contribution is 6.01. The van der Waals surface area contributed by atoms with Crippen LogP contribution in [0.2, 0.25) is 0 Å². The van der Waals surface area contributed by atoms with E-state index in [1.165, 1.54) is 0 Å². The average molecular weight is 791 g/mol. The van der Waals surface area contributed by atoms with E-state index in [1.54, 1.807) is 28.9 Å². The number of anilines is 2. The first-order chi connectivity index (χ1) is 28.4. The van der Waals surface area contributed by atoms with Gasteiger partial charge in [0.05, 0.1) is 32.1 Å². The first-order valence-corrected chi connectivity index (χ1v) is 20.9. The highest BCUT2D eigenvalue weighted by Crippen LogP contribution is 2.29. The molecule has 11 nitrogen and oxygen atoms in total. The van der Waals surface area contributed by atoms with Gasteiger partial charge in [-0.2, -0.15) is 0 Å². The molecule has 1 fully saturated rings. The molecule has 4 aromatic carbocycles. The second-order valence-corrected chi connectivity index (χ2v) is 14.8. The number of methoxy groups -OCH3 is 2. The van der Waals surface area contributed by atoms with E-state index >= 15 is 0 Å². The zero-order chi connectivity index (χ0) is 41.1. The standard InChI is InChI=1S/C47H62N6O5/c1-5-7-19-30-50(31-20-8-6-2)46(55)51-33-34-52(47(56)53(40-23-11-9-12-24-40)41-25-13-10-14-26-41)42(37-51)45(54)48-29-32-49(35-38-21-15-17-27-43(38)57-3)36-39-22-16-18-28-44(39)58-4/h9-18,21-28,42H,5-8,19-20,29-37H2,1-4H3,(H,48,54). The minimum atomic E-state index is -0.912. The van der Waals surface area contributed by atoms with E-state index in [2.05, 4.69) is 24.1 Å². The number of piperazine rings is 1. The van der Waals surface area contributed by atoms with E-state index in [0.29, 0.717) is 57.2 Å². The van der Waals surface area contributed by atoms with E-state index in [4.69, 9.17) is 9.47 Å². The van der Waals surface area contributed by atoms with Crippen molar-refractivity contribution in [3.8, 4) is 11.5 Å². The number of carbonyl (C=O) groups excluding carboxylic acids is 3. The van der Waals surface area contributed by atoms with Gasteiger partial charge in [-0.15, -0.1) is 0 Å². The molecule has 1 aliphatic rings. The zero-order valence-electron chi connectivity index (χ0n) is 34.9. The molecule has 0 spiro atoms. The first kappa shape index (κ1) is 43.6. The molecule has 0 aliphatic carbocycles. The summed E-state index contributed by atoms with van der Waals surface area (Å²) in [7, 11) is 3.34. The minimum absolute atomic E-state index is 0.0696. The number of rotatable bonds is 20. The Kier molecular flexibility index (Phi) is 17.3. The Labute approximate surface area is 345 Å². The summed E-state index contributed by atoms with van der Waals surface area (Å²) < 4.78 is 11.4. The van der Waals surface area contributed by atoms with Crippen LogP contribution in [-0.2, 0) is 17.9 Å². The van der Waals surface area contributed by atoms with Gasteiger partial charge in [0.15, 0.2) is 0 Å². The van der Waals surface area contributed by atoms with Crippen molar-refractivity contribution in [3.63, 3.8) is 0 Å². The number of amides is 5. The van der Waals surface area contributed by atoms with Gasteiger partial charge in [0.25, 0.3) is 0 Å². The Bertz CT molecular complexity index is 1760. The number of benzene rings is 4. The van der Waals surface area contributed by atoms with Crippen LogP contribution in [0, 0.1) is 0 Å². The van der Waals surface area contributed by atoms with E-state index in [0.717, 1.165) is 61.2 Å². The summed E-state index contributed by atoms with van der Waals surface area (Å²) >= 11 is 0. The largest absolute Gasteiger partial charge is 0.496 e. The molecule has 0 bridgehead atoms. The molecule has 58 heavy (non-hydrogen) atoms. The monoisotopic (exact) mass is 790 g/mol. The third kappa shape index (κ3) is 12.0. The third-order valence-corrected chi connectivity index (χ3v) is 10.7. The predicted octanol–water partition coefficient (Wildman–Crippen LogP) is 8.57. The Morgan fingerprint density at radius 1 is 0.638 bits per heavy atom. The lowest BCUT2D eigenvalue weighted by atomic mass is 10.1. The van der Waals surface area contributed by atoms with Crippen LogP contribution in [-0.4, -0.2) is 104 Å². The van der Waals surface area contributed by atoms with Gasteiger partial charge in [-0.1, -0.05) is 112 Å². The molecule has 0 aromatic heterocycles. The van der Waals surface area contributed by atoms with Gasteiger partial charge in [0, 0.05) is 63.5 Å². The van der Waals surface area contributed by atoms with Gasteiger partial charge in [0.1, 0.15) is 17.5 Å². The maximum atomic E-state index is 14.8. The lowest BCUT2D eigenvalue weighted by Gasteiger charge is -2.43. The van der Waals surface area contributed by atoms with Crippen LogP contribution in [0.4, 0.5) is 21.0 Å². The van der Waals surface area contributed by atoms with Gasteiger partial charge >= 0.3 is 12.1 Å². The van der Waals surface area contributed by atoms with Crippen LogP contribution in [0.3, 0.4) is 0 Å². The smallest absolute Gasteiger partial charge is 0.329 e. The van der Waals surface area contributed by atoms with Crippen LogP contribution in [0.25, 0.3) is 0 Å². The maximum absolute atomic E-state index is 14.8. The molecule has 310 valence electrons. The second kappa shape index (κ2) is 23.0. The molecule has 1 N–H and O–H groups in total. The quantitative estimate of drug-likeness (QED) is 0.0902. The number of para-hydroxylation sites is 4. The molecular formula is C47H62N6O5. The van der Waals surface area contributed by atoms with Crippen molar-refractivity contribution in [1.29, 1.82) is 0 Å². The molecule has 5 rings (SSSR count). The van der Waals surface area contributed by atoms with Crippen molar-refractivity contribution in [3.05, 3.63) is 120 Å². The van der Waals surface area contributed by atoms with Gasteiger partial charge in [-0.05, 0) is 49.2 Å². The Morgan fingerprint density at radius 3 is 1.64 bits per heavy atom. The summed E-state index contributed by atoms with van der Waals surface area (Å²) in [5, 5.41) is 3.18. The molecule has 4 aromatic rings. The number of urea groups is 2. The molecule has 0 saturated carbocycles. The maximum Gasteiger partial charge on any atom is 0.329 e. The number of ether oxygens (including phenoxy) is 2. The summed E-state index contributed by atoms with van der Waals surface area (Å²) in [5.74, 6) is 1.28. The summed E-state index contributed by atoms with van der Waals surface area (Å²) in [4.78, 5) is 52.8. The van der Waals surface area contributed by atoms with Gasteiger partial charge in [-0.25, -0.2) is 9.59 Å². The Morgan fingerprint density at radius 2 is 1.14 bits per heavy atom. The van der Waals surface area contributed by atoms with Crippen molar-refractivity contribution in [2.45, 2.75) is 71.5 Å². The normalized spacial score (nSPS) is 13.9. The Hall–Kier alpha value is -5.55. The molecule has 1 aliphatic heterocycles. The van der Waals surface area contributed by atoms with E-state index in [-0.39, 0.29) is 31.1 Å². The summed E-state index contributed by atoms with van der Waals surface area (Å²) in [5.41, 5.74) is 3.43. The number of hydrogen-bond acceptors (Lipinski definition) is 6. The molecule has 1 unspecified atom stereocenters. The lowest BCUT2D eigenvalue weighted by Crippen LogP contribution is -2.64. The molecule has 0 radical (unpaired) electrons. The minimum Gasteiger partial charge on any atom is -0.496 e. The van der Waals surface area contributed by atoms with Gasteiger partial charge in [0.2, 0.25) is 5.91 Å². The molecule has 1 heterocycles. The van der Waals surface area contributed by atoms with Gasteiger partial charge < -0.3 is 29.5 Å². The van der Waals surface area contributed by atoms with Crippen molar-refractivity contribution in [2.75, 3.05) is 64.9 Å². The fourth-order valence-electron chi connectivity index (χ4n) is 7.49. The Balaban J connectivity index is 1.40. The second-order valence-electron chi connectivity index (χ2n) is 14.8. The average Bonchev–Trinajstić information content (AvgIpc) is 3.26. The third-order valence-electron chi connectivity index (χ3n) is 10.7. The van der Waals surface area contributed by atoms with Crippen molar-refractivity contribution >= 4 is 29.3 Å². The fraction of sp³-hybridized carbons (Fsp3) is 0.426. The summed E-state index contributed by atoms with van der Waals surface area (Å²) in [6, 6.07) is 33.5. The molecular weight excluding hydrogens is 729 g/mol. The number of hydrogen-bond donors (Lipinski definition) is 1. The van der Waals surface area contributed by atoms with Crippen molar-refractivity contribution < 1.29 is 23.9 Å². The fourth-order valence-corrected chi connectivity index (χ4v) is 7.49. The molecule has 1 atom stereocenters. The molecule has 5 amide bonds. The summed E-state index contributed by atoms with van der Waals surface area (Å²) in [6.07, 6.45) is 6.08. The van der Waals surface area contributed by atoms with E-state index in [9.17, 15) is 14.4 Å². The SMILES string of the molecule is CCCCCN(CCCCC)C(=O)N1CCN(C(=O)N(c2ccccc2)c2ccccc2)C(C(=O)NCCN(Cc2ccccc2OC)Cc2ccccc2OC)C1. The lowest BCUT2D eigenvalue weighted by molar-refractivity contribution is -0.127. The molecule has 11 heteroatoms. The van der Waals surface area contributed by atoms with E-state index in [1.807, 2.05) is 114 Å². The highest BCUT2D eigenvalue weighted by Gasteiger charge is 2.40. The van der Waals surface area contributed by atoms with Crippen molar-refractivity contribution in [1.82, 2.24) is 24.9 Å². The van der Waals surface area contributed by atoms with Crippen LogP contribution < -0.4 is 19.7 Å². The number of nitrogens with one attached hydrogen (secondary N) is 1. The van der Waals surface area contributed by atoms with Crippen molar-refractivity contribution in [2.24, 2.45) is 0 Å². The van der Waals surface area contributed by atoms with Crippen LogP contribution >= 0.6 is 0 Å². The first-order valence-electron chi connectivity index (χ1n) is 20.9. The molecule has 1 saturated heterocycles. The highest BCUT2D eigenvalue weighted by atomic mass is 16.5. The van der Waals surface area contributed by atoms with Gasteiger partial charge in [-0.3, -0.25) is 14.6 Å². The number of nitrogens with zero attached hydrogens (tertiary/aromatic N) is 5. The zero-order valence-corrected chi connectivity index (χ0v) is 34.9.